The molecular formula is C29H37N3O2. The Morgan fingerprint density at radius 2 is 1.71 bits per heavy atom. The summed E-state index contributed by atoms with van der Waals surface area (Å²) >= 11 is 0. The minimum absolute atomic E-state index is 0.0264. The Morgan fingerprint density at radius 3 is 2.35 bits per heavy atom. The maximum Gasteiger partial charge on any atom is 0.251 e. The Hall–Kier alpha value is -3.21. The molecule has 0 aromatic heterocycles. The second-order valence-corrected chi connectivity index (χ2v) is 9.26. The van der Waals surface area contributed by atoms with Crippen molar-refractivity contribution in [3.05, 3.63) is 83.9 Å². The molecule has 0 radical (unpaired) electrons. The molecule has 1 heterocycles. The number of hydrogen-bond donors (Lipinski definition) is 1. The Labute approximate surface area is 204 Å². The number of likely N-dealkylation sites (tertiary alicyclic amines) is 1. The van der Waals surface area contributed by atoms with E-state index < -0.39 is 0 Å². The van der Waals surface area contributed by atoms with Crippen molar-refractivity contribution in [3.8, 4) is 0 Å². The van der Waals surface area contributed by atoms with Gasteiger partial charge in [0.1, 0.15) is 0 Å². The largest absolute Gasteiger partial charge is 0.343 e. The van der Waals surface area contributed by atoms with E-state index >= 15 is 0 Å². The number of amides is 2. The number of allylic oxidation sites excluding steroid dienone is 1. The number of rotatable bonds is 11. The SMILES string of the molecule is C=C(C)CCCC=NCCC1(c2ccccc2)CCN(C(=O)CNC(=O)c2ccccc2)CC1. The van der Waals surface area contributed by atoms with Crippen molar-refractivity contribution in [2.75, 3.05) is 26.2 Å². The zero-order valence-electron chi connectivity index (χ0n) is 20.3. The fraction of sp³-hybridized carbons (Fsp3) is 0.414. The third kappa shape index (κ3) is 7.41. The molecule has 180 valence electrons. The highest BCUT2D eigenvalue weighted by molar-refractivity contribution is 5.96. The van der Waals surface area contributed by atoms with Gasteiger partial charge in [-0.2, -0.15) is 0 Å². The molecule has 0 bridgehead atoms. The fourth-order valence-corrected chi connectivity index (χ4v) is 4.57. The van der Waals surface area contributed by atoms with Gasteiger partial charge in [0.2, 0.25) is 5.91 Å². The molecule has 1 N–H and O–H groups in total. The van der Waals surface area contributed by atoms with Crippen LogP contribution in [0.1, 0.15) is 61.4 Å². The van der Waals surface area contributed by atoms with Crippen molar-refractivity contribution in [3.63, 3.8) is 0 Å². The van der Waals surface area contributed by atoms with E-state index in [4.69, 9.17) is 0 Å². The third-order valence-corrected chi connectivity index (χ3v) is 6.68. The molecule has 1 aliphatic rings. The first-order chi connectivity index (χ1) is 16.5. The van der Waals surface area contributed by atoms with Crippen LogP contribution in [-0.4, -0.2) is 49.1 Å². The minimum atomic E-state index is -0.217. The maximum absolute atomic E-state index is 12.8. The van der Waals surface area contributed by atoms with Crippen LogP contribution in [0, 0.1) is 0 Å². The van der Waals surface area contributed by atoms with Crippen LogP contribution in [0.15, 0.2) is 77.8 Å². The van der Waals surface area contributed by atoms with Crippen molar-refractivity contribution in [1.29, 1.82) is 0 Å². The highest BCUT2D eigenvalue weighted by Crippen LogP contribution is 2.38. The molecule has 1 aliphatic heterocycles. The van der Waals surface area contributed by atoms with E-state index in [1.807, 2.05) is 29.2 Å². The molecule has 2 amide bonds. The predicted molar refractivity (Wildman–Crippen MR) is 139 cm³/mol. The molecule has 5 heteroatoms. The molecule has 0 aliphatic carbocycles. The monoisotopic (exact) mass is 459 g/mol. The van der Waals surface area contributed by atoms with Gasteiger partial charge in [-0.05, 0) is 69.4 Å². The first-order valence-electron chi connectivity index (χ1n) is 12.3. The Kier molecular flexibility index (Phi) is 9.62. The van der Waals surface area contributed by atoms with E-state index in [0.717, 1.165) is 45.1 Å². The molecule has 0 unspecified atom stereocenters. The van der Waals surface area contributed by atoms with Gasteiger partial charge in [-0.1, -0.05) is 54.1 Å². The highest BCUT2D eigenvalue weighted by Gasteiger charge is 2.36. The van der Waals surface area contributed by atoms with Gasteiger partial charge in [-0.15, -0.1) is 6.58 Å². The standard InChI is InChI=1S/C29H37N3O2/c1-24(2)11-9-10-19-30-20-16-29(26-14-7-4-8-15-26)17-21-32(22-18-29)27(33)23-31-28(34)25-12-5-3-6-13-25/h3-8,12-15,19H,1,9-11,16-18,20-23H2,2H3,(H,31,34). The topological polar surface area (TPSA) is 61.8 Å². The Balaban J connectivity index is 1.53. The van der Waals surface area contributed by atoms with Crippen molar-refractivity contribution in [2.45, 2.75) is 50.9 Å². The highest BCUT2D eigenvalue weighted by atomic mass is 16.2. The quantitative estimate of drug-likeness (QED) is 0.286. The summed E-state index contributed by atoms with van der Waals surface area (Å²) in [6.45, 7) is 8.22. The lowest BCUT2D eigenvalue weighted by atomic mass is 9.70. The van der Waals surface area contributed by atoms with E-state index in [-0.39, 0.29) is 23.8 Å². The second kappa shape index (κ2) is 12.9. The number of benzene rings is 2. The Morgan fingerprint density at radius 1 is 1.06 bits per heavy atom. The van der Waals surface area contributed by atoms with Crippen molar-refractivity contribution in [2.24, 2.45) is 4.99 Å². The van der Waals surface area contributed by atoms with Crippen molar-refractivity contribution in [1.82, 2.24) is 10.2 Å². The van der Waals surface area contributed by atoms with E-state index in [9.17, 15) is 9.59 Å². The fourth-order valence-electron chi connectivity index (χ4n) is 4.57. The van der Waals surface area contributed by atoms with E-state index in [0.29, 0.717) is 18.7 Å². The lowest BCUT2D eigenvalue weighted by Gasteiger charge is -2.42. The molecule has 34 heavy (non-hydrogen) atoms. The van der Waals surface area contributed by atoms with Crippen LogP contribution in [0.2, 0.25) is 0 Å². The third-order valence-electron chi connectivity index (χ3n) is 6.68. The van der Waals surface area contributed by atoms with Crippen LogP contribution in [0.3, 0.4) is 0 Å². The molecule has 2 aromatic carbocycles. The minimum Gasteiger partial charge on any atom is -0.343 e. The van der Waals surface area contributed by atoms with Crippen LogP contribution >= 0.6 is 0 Å². The average molecular weight is 460 g/mol. The summed E-state index contributed by atoms with van der Waals surface area (Å²) in [6, 6.07) is 19.6. The molecule has 0 atom stereocenters. The van der Waals surface area contributed by atoms with Crippen LogP contribution in [0.5, 0.6) is 0 Å². The second-order valence-electron chi connectivity index (χ2n) is 9.26. The van der Waals surface area contributed by atoms with Gasteiger partial charge in [0, 0.05) is 30.6 Å². The zero-order chi connectivity index (χ0) is 24.2. The number of nitrogens with zero attached hydrogens (tertiary/aromatic N) is 2. The van der Waals surface area contributed by atoms with Crippen LogP contribution in [-0.2, 0) is 10.2 Å². The van der Waals surface area contributed by atoms with Gasteiger partial charge in [0.05, 0.1) is 6.54 Å². The molecule has 2 aromatic rings. The summed E-state index contributed by atoms with van der Waals surface area (Å²) in [5.41, 5.74) is 3.15. The lowest BCUT2D eigenvalue weighted by molar-refractivity contribution is -0.131. The smallest absolute Gasteiger partial charge is 0.251 e. The number of nitrogens with one attached hydrogen (secondary N) is 1. The van der Waals surface area contributed by atoms with Crippen molar-refractivity contribution < 1.29 is 9.59 Å². The summed E-state index contributed by atoms with van der Waals surface area (Å²) in [4.78, 5) is 31.6. The molecule has 1 fully saturated rings. The van der Waals surface area contributed by atoms with Gasteiger partial charge < -0.3 is 10.2 Å². The number of carbonyl (C=O) groups is 2. The molecule has 1 saturated heterocycles. The van der Waals surface area contributed by atoms with Gasteiger partial charge in [-0.25, -0.2) is 0 Å². The number of hydrogen-bond acceptors (Lipinski definition) is 3. The van der Waals surface area contributed by atoms with E-state index in [1.54, 1.807) is 12.1 Å². The summed E-state index contributed by atoms with van der Waals surface area (Å²) in [7, 11) is 0. The van der Waals surface area contributed by atoms with Crippen LogP contribution in [0.25, 0.3) is 0 Å². The summed E-state index contributed by atoms with van der Waals surface area (Å²) in [6.07, 6.45) is 7.97. The first-order valence-corrected chi connectivity index (χ1v) is 12.3. The van der Waals surface area contributed by atoms with Gasteiger partial charge in [0.15, 0.2) is 0 Å². The molecule has 5 nitrogen and oxygen atoms in total. The number of unbranched alkanes of at least 4 members (excludes halogenated alkanes) is 1. The van der Waals surface area contributed by atoms with E-state index in [1.165, 1.54) is 11.1 Å². The van der Waals surface area contributed by atoms with Crippen LogP contribution < -0.4 is 5.32 Å². The van der Waals surface area contributed by atoms with Gasteiger partial charge in [-0.3, -0.25) is 14.6 Å². The predicted octanol–water partition coefficient (Wildman–Crippen LogP) is 5.18. The number of carbonyl (C=O) groups excluding carboxylic acids is 2. The molecular weight excluding hydrogens is 422 g/mol. The lowest BCUT2D eigenvalue weighted by Crippen LogP contribution is -2.48. The summed E-state index contributed by atoms with van der Waals surface area (Å²) < 4.78 is 0. The van der Waals surface area contributed by atoms with Crippen molar-refractivity contribution >= 4 is 18.0 Å². The van der Waals surface area contributed by atoms with Gasteiger partial charge >= 0.3 is 0 Å². The van der Waals surface area contributed by atoms with E-state index in [2.05, 4.69) is 54.3 Å². The van der Waals surface area contributed by atoms with Gasteiger partial charge in [0.25, 0.3) is 5.91 Å². The summed E-state index contributed by atoms with van der Waals surface area (Å²) in [5.74, 6) is -0.243. The van der Waals surface area contributed by atoms with Crippen LogP contribution in [0.4, 0.5) is 0 Å². The molecule has 0 spiro atoms. The number of aliphatic imine (C=N–C) groups is 1. The average Bonchev–Trinajstić information content (AvgIpc) is 2.87. The maximum atomic E-state index is 12.8. The Bertz CT molecular complexity index is 961. The first kappa shape index (κ1) is 25.4. The summed E-state index contributed by atoms with van der Waals surface area (Å²) in [5, 5.41) is 2.76. The normalized spacial score (nSPS) is 15.3. The zero-order valence-corrected chi connectivity index (χ0v) is 20.3. The molecule has 3 rings (SSSR count). The number of piperidine rings is 1. The molecule has 0 saturated carbocycles.